The first-order valence-electron chi connectivity index (χ1n) is 5.74. The Morgan fingerprint density at radius 3 is 1.50 bits per heavy atom. The summed E-state index contributed by atoms with van der Waals surface area (Å²) < 4.78 is 0. The fourth-order valence-corrected chi connectivity index (χ4v) is 2.68. The molecule has 0 radical (unpaired) electrons. The summed E-state index contributed by atoms with van der Waals surface area (Å²) in [6.07, 6.45) is 4.04. The van der Waals surface area contributed by atoms with E-state index < -0.39 is 0 Å². The van der Waals surface area contributed by atoms with Crippen molar-refractivity contribution in [1.82, 2.24) is 9.80 Å². The second kappa shape index (κ2) is 12.3. The highest BCUT2D eigenvalue weighted by Crippen LogP contribution is 2.07. The quantitative estimate of drug-likeness (QED) is 0.677. The molecule has 5 heteroatoms. The third-order valence-electron chi connectivity index (χ3n) is 2.74. The third-order valence-corrected chi connectivity index (χ3v) is 3.89. The molecule has 0 unspecified atom stereocenters. The van der Waals surface area contributed by atoms with Gasteiger partial charge in [0.05, 0.1) is 0 Å². The number of halogens is 2. The van der Waals surface area contributed by atoms with E-state index >= 15 is 0 Å². The molecule has 1 aliphatic heterocycles. The first-order chi connectivity index (χ1) is 6.79. The van der Waals surface area contributed by atoms with Crippen molar-refractivity contribution in [3.05, 3.63) is 0 Å². The molecule has 0 N–H and O–H groups in total. The Labute approximate surface area is 117 Å². The van der Waals surface area contributed by atoms with Gasteiger partial charge in [0, 0.05) is 0 Å². The van der Waals surface area contributed by atoms with Crippen molar-refractivity contribution in [3.63, 3.8) is 0 Å². The highest BCUT2D eigenvalue weighted by atomic mass is 35.5. The topological polar surface area (TPSA) is 6.48 Å². The van der Waals surface area contributed by atoms with Crippen LogP contribution in [0.1, 0.15) is 19.3 Å². The first-order valence-corrected chi connectivity index (χ1v) is 6.89. The van der Waals surface area contributed by atoms with E-state index in [1.54, 1.807) is 0 Å². The summed E-state index contributed by atoms with van der Waals surface area (Å²) in [7, 11) is 4.49. The van der Waals surface area contributed by atoms with E-state index in [1.807, 2.05) is 0 Å². The Morgan fingerprint density at radius 2 is 1.06 bits per heavy atom. The zero-order chi connectivity index (χ0) is 10.2. The van der Waals surface area contributed by atoms with Gasteiger partial charge in [0.2, 0.25) is 0 Å². The van der Waals surface area contributed by atoms with E-state index in [0.717, 1.165) is 0 Å². The van der Waals surface area contributed by atoms with Gasteiger partial charge in [-0.2, -0.15) is 11.8 Å². The summed E-state index contributed by atoms with van der Waals surface area (Å²) >= 11 is 2.12. The predicted octanol–water partition coefficient (Wildman–Crippen LogP) is 2.61. The maximum atomic E-state index is 2.47. The van der Waals surface area contributed by atoms with E-state index in [0.29, 0.717) is 0 Å². The molecular formula is C11H26Cl2N2S. The standard InChI is InChI=1S/C11H24N2S.2ClH/c1-12-6-3-7-13(2)9-5-11-14-10-4-8-12;;/h3-11H2,1-2H3;2*1H. The molecule has 0 amide bonds. The van der Waals surface area contributed by atoms with Crippen LogP contribution in [0.25, 0.3) is 0 Å². The molecule has 16 heavy (non-hydrogen) atoms. The molecule has 0 aliphatic carbocycles. The molecule has 0 aromatic carbocycles. The predicted molar refractivity (Wildman–Crippen MR) is 80.7 cm³/mol. The Bertz CT molecular complexity index is 136. The number of thioether (sulfide) groups is 1. The largest absolute Gasteiger partial charge is 0.306 e. The molecule has 0 aromatic rings. The van der Waals surface area contributed by atoms with Gasteiger partial charge in [-0.15, -0.1) is 24.8 Å². The fraction of sp³-hybridized carbons (Fsp3) is 1.00. The second-order valence-corrected chi connectivity index (χ2v) is 5.50. The smallest absolute Gasteiger partial charge is 0.000959 e. The Kier molecular flexibility index (Phi) is 14.8. The van der Waals surface area contributed by atoms with Crippen molar-refractivity contribution in [2.24, 2.45) is 0 Å². The van der Waals surface area contributed by atoms with Gasteiger partial charge in [-0.1, -0.05) is 0 Å². The lowest BCUT2D eigenvalue weighted by molar-refractivity contribution is 0.279. The summed E-state index contributed by atoms with van der Waals surface area (Å²) in [5.41, 5.74) is 0. The maximum Gasteiger partial charge on any atom is -0.000959 e. The number of rotatable bonds is 0. The van der Waals surface area contributed by atoms with Crippen LogP contribution in [0.2, 0.25) is 0 Å². The minimum atomic E-state index is 0. The van der Waals surface area contributed by atoms with Crippen LogP contribution in [-0.2, 0) is 0 Å². The maximum absolute atomic E-state index is 2.47. The van der Waals surface area contributed by atoms with Crippen molar-refractivity contribution in [1.29, 1.82) is 0 Å². The van der Waals surface area contributed by atoms with E-state index in [1.165, 1.54) is 56.9 Å². The van der Waals surface area contributed by atoms with E-state index in [2.05, 4.69) is 35.7 Å². The normalized spacial score (nSPS) is 22.1. The monoisotopic (exact) mass is 288 g/mol. The number of hydrogen-bond acceptors (Lipinski definition) is 3. The SMILES string of the molecule is CN1CCCSCCCN(C)CCC1.Cl.Cl. The number of nitrogens with zero attached hydrogens (tertiary/aromatic N) is 2. The molecule has 1 heterocycles. The van der Waals surface area contributed by atoms with E-state index in [9.17, 15) is 0 Å². The molecule has 0 saturated carbocycles. The molecule has 1 saturated heterocycles. The van der Waals surface area contributed by atoms with Gasteiger partial charge in [-0.05, 0) is 71.0 Å². The third kappa shape index (κ3) is 10.0. The van der Waals surface area contributed by atoms with E-state index in [4.69, 9.17) is 0 Å². The minimum Gasteiger partial charge on any atom is -0.306 e. The van der Waals surface area contributed by atoms with Gasteiger partial charge in [0.15, 0.2) is 0 Å². The zero-order valence-corrected chi connectivity index (χ0v) is 12.9. The summed E-state index contributed by atoms with van der Waals surface area (Å²) in [4.78, 5) is 4.94. The molecule has 2 nitrogen and oxygen atoms in total. The van der Waals surface area contributed by atoms with Gasteiger partial charge in [-0.25, -0.2) is 0 Å². The fourth-order valence-electron chi connectivity index (χ4n) is 1.81. The van der Waals surface area contributed by atoms with Crippen LogP contribution in [0.4, 0.5) is 0 Å². The summed E-state index contributed by atoms with van der Waals surface area (Å²) in [5, 5.41) is 0. The molecule has 0 aromatic heterocycles. The van der Waals surface area contributed by atoms with Crippen molar-refractivity contribution < 1.29 is 0 Å². The van der Waals surface area contributed by atoms with Crippen molar-refractivity contribution in [2.75, 3.05) is 51.8 Å². The van der Waals surface area contributed by atoms with Gasteiger partial charge in [0.1, 0.15) is 0 Å². The molecule has 1 rings (SSSR count). The molecule has 0 atom stereocenters. The van der Waals surface area contributed by atoms with Crippen LogP contribution in [-0.4, -0.2) is 61.6 Å². The Balaban J connectivity index is 0. The van der Waals surface area contributed by atoms with Gasteiger partial charge >= 0.3 is 0 Å². The second-order valence-electron chi connectivity index (χ2n) is 4.28. The van der Waals surface area contributed by atoms with Gasteiger partial charge in [0.25, 0.3) is 0 Å². The Hall–Kier alpha value is 0.850. The lowest BCUT2D eigenvalue weighted by atomic mass is 10.3. The lowest BCUT2D eigenvalue weighted by Gasteiger charge is -2.21. The summed E-state index contributed by atoms with van der Waals surface area (Å²) in [6, 6.07) is 0. The summed E-state index contributed by atoms with van der Waals surface area (Å²) in [6.45, 7) is 5.07. The van der Waals surface area contributed by atoms with Crippen LogP contribution >= 0.6 is 36.6 Å². The van der Waals surface area contributed by atoms with Gasteiger partial charge < -0.3 is 9.80 Å². The molecule has 100 valence electrons. The first kappa shape index (κ1) is 19.2. The van der Waals surface area contributed by atoms with Crippen molar-refractivity contribution in [2.45, 2.75) is 19.3 Å². The van der Waals surface area contributed by atoms with Crippen LogP contribution in [0.3, 0.4) is 0 Å². The summed E-state index contributed by atoms with van der Waals surface area (Å²) in [5.74, 6) is 2.68. The molecule has 1 fully saturated rings. The highest BCUT2D eigenvalue weighted by molar-refractivity contribution is 7.99. The van der Waals surface area contributed by atoms with Crippen LogP contribution in [0.5, 0.6) is 0 Å². The molecular weight excluding hydrogens is 263 g/mol. The van der Waals surface area contributed by atoms with Crippen LogP contribution in [0.15, 0.2) is 0 Å². The Morgan fingerprint density at radius 1 is 0.688 bits per heavy atom. The van der Waals surface area contributed by atoms with E-state index in [-0.39, 0.29) is 24.8 Å². The average Bonchev–Trinajstić information content (AvgIpc) is 2.14. The molecule has 0 bridgehead atoms. The molecule has 0 spiro atoms. The lowest BCUT2D eigenvalue weighted by Crippen LogP contribution is -2.28. The molecule has 1 aliphatic rings. The number of hydrogen-bond donors (Lipinski definition) is 0. The zero-order valence-electron chi connectivity index (χ0n) is 10.5. The van der Waals surface area contributed by atoms with Crippen LogP contribution in [0, 0.1) is 0 Å². The highest BCUT2D eigenvalue weighted by Gasteiger charge is 2.03. The van der Waals surface area contributed by atoms with Gasteiger partial charge in [-0.3, -0.25) is 0 Å². The van der Waals surface area contributed by atoms with Crippen molar-refractivity contribution >= 4 is 36.6 Å². The van der Waals surface area contributed by atoms with Crippen LogP contribution < -0.4 is 0 Å². The van der Waals surface area contributed by atoms with Crippen molar-refractivity contribution in [3.8, 4) is 0 Å². The average molecular weight is 289 g/mol. The minimum absolute atomic E-state index is 0.